The Morgan fingerprint density at radius 1 is 1.07 bits per heavy atom. The molecule has 1 aliphatic heterocycles. The third-order valence-electron chi connectivity index (χ3n) is 6.25. The quantitative estimate of drug-likeness (QED) is 0.658. The third kappa shape index (κ3) is 3.33. The number of hydrogen-bond acceptors (Lipinski definition) is 3. The molecule has 1 N–H and O–H groups in total. The maximum atomic E-state index is 13.6. The number of fused-ring (bicyclic) bond motifs is 1. The Balaban J connectivity index is 1.77. The van der Waals surface area contributed by atoms with Crippen molar-refractivity contribution in [2.75, 3.05) is 10.2 Å². The number of nitrogens with zero attached hydrogens (tertiary/aromatic N) is 1. The van der Waals surface area contributed by atoms with Gasteiger partial charge in [0.05, 0.1) is 17.4 Å². The topological polar surface area (TPSA) is 49.4 Å². The van der Waals surface area contributed by atoms with Gasteiger partial charge in [-0.3, -0.25) is 14.5 Å². The van der Waals surface area contributed by atoms with Gasteiger partial charge in [-0.1, -0.05) is 49.7 Å². The van der Waals surface area contributed by atoms with E-state index in [0.717, 1.165) is 41.9 Å². The fraction of sp³-hybridized carbons (Fsp3) is 0.360. The minimum Gasteiger partial charge on any atom is -0.357 e. The number of nitrogens with one attached hydrogen (secondary N) is 1. The zero-order valence-corrected chi connectivity index (χ0v) is 18.0. The van der Waals surface area contributed by atoms with Gasteiger partial charge in [0.15, 0.2) is 5.78 Å². The molecular weight excluding hydrogens is 396 g/mol. The second-order valence-corrected chi connectivity index (χ2v) is 9.85. The summed E-state index contributed by atoms with van der Waals surface area (Å²) in [6.45, 7) is 4.25. The normalized spacial score (nSPS) is 22.7. The van der Waals surface area contributed by atoms with Crippen molar-refractivity contribution in [3.63, 3.8) is 0 Å². The largest absolute Gasteiger partial charge is 0.357 e. The molecule has 1 heterocycles. The van der Waals surface area contributed by atoms with Crippen LogP contribution in [-0.4, -0.2) is 11.7 Å². The zero-order valence-electron chi connectivity index (χ0n) is 17.2. The van der Waals surface area contributed by atoms with Crippen molar-refractivity contribution >= 4 is 34.7 Å². The third-order valence-corrected chi connectivity index (χ3v) is 6.50. The van der Waals surface area contributed by atoms with E-state index >= 15 is 0 Å². The Morgan fingerprint density at radius 3 is 2.47 bits per heavy atom. The molecule has 5 rings (SSSR count). The monoisotopic (exact) mass is 420 g/mol. The molecule has 1 amide bonds. The predicted octanol–water partition coefficient (Wildman–Crippen LogP) is 5.89. The van der Waals surface area contributed by atoms with Crippen LogP contribution in [0.4, 0.5) is 11.4 Å². The molecule has 3 aliphatic rings. The van der Waals surface area contributed by atoms with Crippen LogP contribution in [0.2, 0.25) is 5.02 Å². The molecule has 154 valence electrons. The number of para-hydroxylation sites is 2. The van der Waals surface area contributed by atoms with Crippen LogP contribution in [0.5, 0.6) is 0 Å². The standard InChI is InChI=1S/C25H25ClN2O2/c1-25(2)13-19-22(21(29)14-25)23(15-9-11-17(26)12-10-15)28(24(30)16-7-8-16)20-6-4-3-5-18(20)27-19/h3-6,9-12,16,23,27H,7-8,13-14H2,1-2H3. The van der Waals surface area contributed by atoms with Crippen molar-refractivity contribution in [3.8, 4) is 0 Å². The van der Waals surface area contributed by atoms with Gasteiger partial charge in [0.1, 0.15) is 0 Å². The summed E-state index contributed by atoms with van der Waals surface area (Å²) < 4.78 is 0. The number of ketones is 1. The molecule has 30 heavy (non-hydrogen) atoms. The number of anilines is 2. The summed E-state index contributed by atoms with van der Waals surface area (Å²) in [5.41, 5.74) is 4.12. The van der Waals surface area contributed by atoms with Crippen molar-refractivity contribution in [3.05, 3.63) is 70.4 Å². The average Bonchev–Trinajstić information content (AvgIpc) is 3.53. The Bertz CT molecular complexity index is 1070. The van der Waals surface area contributed by atoms with Crippen LogP contribution < -0.4 is 10.2 Å². The molecule has 4 nitrogen and oxygen atoms in total. The fourth-order valence-electron chi connectivity index (χ4n) is 4.72. The summed E-state index contributed by atoms with van der Waals surface area (Å²) in [6.07, 6.45) is 3.05. The van der Waals surface area contributed by atoms with Gasteiger partial charge in [-0.25, -0.2) is 0 Å². The van der Waals surface area contributed by atoms with E-state index in [0.29, 0.717) is 17.0 Å². The molecule has 0 saturated heterocycles. The van der Waals surface area contributed by atoms with Gasteiger partial charge in [-0.2, -0.15) is 0 Å². The van der Waals surface area contributed by atoms with Crippen LogP contribution in [0.15, 0.2) is 59.8 Å². The Hall–Kier alpha value is -2.59. The van der Waals surface area contributed by atoms with E-state index in [2.05, 4.69) is 19.2 Å². The minimum absolute atomic E-state index is 0.0325. The fourth-order valence-corrected chi connectivity index (χ4v) is 4.84. The number of halogens is 1. The van der Waals surface area contributed by atoms with Gasteiger partial charge in [0.2, 0.25) is 5.91 Å². The van der Waals surface area contributed by atoms with E-state index in [-0.39, 0.29) is 23.0 Å². The van der Waals surface area contributed by atoms with E-state index in [1.54, 1.807) is 0 Å². The Labute approximate surface area is 181 Å². The minimum atomic E-state index is -0.454. The lowest BCUT2D eigenvalue weighted by molar-refractivity contribution is -0.120. The van der Waals surface area contributed by atoms with Crippen LogP contribution in [0, 0.1) is 11.3 Å². The van der Waals surface area contributed by atoms with Gasteiger partial charge in [-0.15, -0.1) is 0 Å². The van der Waals surface area contributed by atoms with E-state index in [9.17, 15) is 9.59 Å². The first-order valence-electron chi connectivity index (χ1n) is 10.5. The van der Waals surface area contributed by atoms with Gasteiger partial charge >= 0.3 is 0 Å². The lowest BCUT2D eigenvalue weighted by Crippen LogP contribution is -2.40. The number of carbonyl (C=O) groups is 2. The molecule has 1 unspecified atom stereocenters. The van der Waals surface area contributed by atoms with Crippen molar-refractivity contribution in [1.29, 1.82) is 0 Å². The number of carbonyl (C=O) groups excluding carboxylic acids is 2. The number of amides is 1. The molecular formula is C25H25ClN2O2. The van der Waals surface area contributed by atoms with Crippen LogP contribution in [0.3, 0.4) is 0 Å². The zero-order chi connectivity index (χ0) is 21.0. The van der Waals surface area contributed by atoms with Gasteiger partial charge in [0, 0.05) is 28.6 Å². The summed E-state index contributed by atoms with van der Waals surface area (Å²) in [5.74, 6) is 0.232. The average molecular weight is 421 g/mol. The van der Waals surface area contributed by atoms with Crippen LogP contribution >= 0.6 is 11.6 Å². The molecule has 1 atom stereocenters. The molecule has 2 aromatic carbocycles. The highest BCUT2D eigenvalue weighted by Crippen LogP contribution is 2.49. The summed E-state index contributed by atoms with van der Waals surface area (Å²) >= 11 is 6.15. The first-order chi connectivity index (χ1) is 14.3. The van der Waals surface area contributed by atoms with E-state index in [1.807, 2.05) is 53.4 Å². The van der Waals surface area contributed by atoms with E-state index in [4.69, 9.17) is 11.6 Å². The molecule has 1 fully saturated rings. The maximum Gasteiger partial charge on any atom is 0.231 e. The second-order valence-electron chi connectivity index (χ2n) is 9.41. The Kier molecular flexibility index (Phi) is 4.51. The summed E-state index contributed by atoms with van der Waals surface area (Å²) in [7, 11) is 0. The number of rotatable bonds is 2. The van der Waals surface area contributed by atoms with Crippen molar-refractivity contribution in [1.82, 2.24) is 0 Å². The van der Waals surface area contributed by atoms with Gasteiger partial charge in [0.25, 0.3) is 0 Å². The first-order valence-corrected chi connectivity index (χ1v) is 10.9. The molecule has 0 aromatic heterocycles. The van der Waals surface area contributed by atoms with Gasteiger partial charge < -0.3 is 5.32 Å². The number of allylic oxidation sites excluding steroid dienone is 1. The molecule has 0 spiro atoms. The number of hydrogen-bond donors (Lipinski definition) is 1. The van der Waals surface area contributed by atoms with Crippen LogP contribution in [0.25, 0.3) is 0 Å². The lowest BCUT2D eigenvalue weighted by Gasteiger charge is -2.37. The second kappa shape index (κ2) is 6.98. The van der Waals surface area contributed by atoms with Crippen molar-refractivity contribution in [2.45, 2.75) is 45.6 Å². The molecule has 0 bridgehead atoms. The molecule has 0 radical (unpaired) electrons. The summed E-state index contributed by atoms with van der Waals surface area (Å²) in [4.78, 5) is 28.9. The maximum absolute atomic E-state index is 13.6. The smallest absolute Gasteiger partial charge is 0.231 e. The SMILES string of the molecule is CC1(C)CC(=O)C2=C(C1)Nc1ccccc1N(C(=O)C1CC1)C2c1ccc(Cl)cc1. The highest BCUT2D eigenvalue weighted by atomic mass is 35.5. The predicted molar refractivity (Wildman–Crippen MR) is 120 cm³/mol. The van der Waals surface area contributed by atoms with Crippen molar-refractivity contribution < 1.29 is 9.59 Å². The molecule has 2 aliphatic carbocycles. The number of benzene rings is 2. The van der Waals surface area contributed by atoms with Crippen LogP contribution in [0.1, 0.15) is 51.1 Å². The molecule has 2 aromatic rings. The first kappa shape index (κ1) is 19.4. The van der Waals surface area contributed by atoms with Gasteiger partial charge in [-0.05, 0) is 54.5 Å². The van der Waals surface area contributed by atoms with Crippen LogP contribution in [-0.2, 0) is 9.59 Å². The van der Waals surface area contributed by atoms with E-state index < -0.39 is 6.04 Å². The highest BCUT2D eigenvalue weighted by molar-refractivity contribution is 6.30. The van der Waals surface area contributed by atoms with Crippen molar-refractivity contribution in [2.24, 2.45) is 11.3 Å². The lowest BCUT2D eigenvalue weighted by atomic mass is 9.73. The molecule has 5 heteroatoms. The summed E-state index contributed by atoms with van der Waals surface area (Å²) in [5, 5.41) is 4.18. The summed E-state index contributed by atoms with van der Waals surface area (Å²) in [6, 6.07) is 15.0. The van der Waals surface area contributed by atoms with E-state index in [1.165, 1.54) is 0 Å². The number of Topliss-reactive ketones (excluding diaryl/α,β-unsaturated/α-hetero) is 1. The Morgan fingerprint density at radius 2 is 1.77 bits per heavy atom. The highest BCUT2D eigenvalue weighted by Gasteiger charge is 2.45. The molecule has 1 saturated carbocycles.